The van der Waals surface area contributed by atoms with Gasteiger partial charge in [0, 0.05) is 61.6 Å². The fourth-order valence-electron chi connectivity index (χ4n) is 6.10. The van der Waals surface area contributed by atoms with Gasteiger partial charge in [-0.15, -0.1) is 0 Å². The first-order chi connectivity index (χ1) is 15.7. The normalized spacial score (nSPS) is 21.1. The van der Waals surface area contributed by atoms with E-state index >= 15 is 0 Å². The van der Waals surface area contributed by atoms with Gasteiger partial charge in [-0.3, -0.25) is 9.69 Å². The second-order valence-electron chi connectivity index (χ2n) is 9.63. The molecular weight excluding hydrogens is 396 g/mol. The van der Waals surface area contributed by atoms with E-state index in [1.54, 1.807) is 0 Å². The van der Waals surface area contributed by atoms with Crippen molar-refractivity contribution in [2.45, 2.75) is 38.8 Å². The van der Waals surface area contributed by atoms with Gasteiger partial charge in [0.1, 0.15) is 0 Å². The Balaban J connectivity index is 1.18. The average molecular weight is 429 g/mol. The summed E-state index contributed by atoms with van der Waals surface area (Å²) in [5.74, 6) is 0.309. The molecule has 1 aromatic heterocycles. The van der Waals surface area contributed by atoms with Crippen molar-refractivity contribution in [2.24, 2.45) is 0 Å². The summed E-state index contributed by atoms with van der Waals surface area (Å²) in [6.45, 7) is 8.34. The molecule has 1 atom stereocenters. The van der Waals surface area contributed by atoms with E-state index in [1.165, 1.54) is 39.8 Å². The van der Waals surface area contributed by atoms with Crippen molar-refractivity contribution in [1.29, 1.82) is 0 Å². The van der Waals surface area contributed by atoms with Gasteiger partial charge in [-0.2, -0.15) is 0 Å². The van der Waals surface area contributed by atoms with E-state index in [9.17, 15) is 4.79 Å². The Morgan fingerprint density at radius 2 is 1.78 bits per heavy atom. The number of carbonyl (C=O) groups is 1. The van der Waals surface area contributed by atoms with E-state index in [-0.39, 0.29) is 6.04 Å². The fourth-order valence-corrected chi connectivity index (χ4v) is 6.10. The van der Waals surface area contributed by atoms with Crippen molar-refractivity contribution in [3.05, 3.63) is 65.4 Å². The molecule has 1 unspecified atom stereocenters. The Labute approximate surface area is 190 Å². The highest BCUT2D eigenvalue weighted by Gasteiger charge is 2.37. The summed E-state index contributed by atoms with van der Waals surface area (Å²) in [7, 11) is 0. The van der Waals surface area contributed by atoms with Crippen molar-refractivity contribution in [3.63, 3.8) is 0 Å². The summed E-state index contributed by atoms with van der Waals surface area (Å²) in [5, 5.41) is 1.41. The number of aromatic nitrogens is 1. The highest BCUT2D eigenvalue weighted by atomic mass is 16.2. The number of benzene rings is 2. The summed E-state index contributed by atoms with van der Waals surface area (Å²) in [6, 6.07) is 17.7. The Kier molecular flexibility index (Phi) is 4.94. The predicted octanol–water partition coefficient (Wildman–Crippen LogP) is 3.99. The van der Waals surface area contributed by atoms with Gasteiger partial charge in [-0.05, 0) is 56.0 Å². The first-order valence-electron chi connectivity index (χ1n) is 12.1. The second-order valence-corrected chi connectivity index (χ2v) is 9.63. The van der Waals surface area contributed by atoms with Crippen LogP contribution in [0.15, 0.2) is 48.5 Å². The van der Waals surface area contributed by atoms with Gasteiger partial charge in [0.25, 0.3) is 0 Å². The summed E-state index contributed by atoms with van der Waals surface area (Å²) in [4.78, 5) is 20.4. The van der Waals surface area contributed by atoms with Gasteiger partial charge in [-0.25, -0.2) is 0 Å². The van der Waals surface area contributed by atoms with Crippen LogP contribution in [-0.2, 0) is 17.8 Å². The molecule has 0 saturated carbocycles. The Bertz CT molecular complexity index is 1140. The molecule has 2 aromatic carbocycles. The quantitative estimate of drug-likeness (QED) is 0.632. The molecule has 32 heavy (non-hydrogen) atoms. The summed E-state index contributed by atoms with van der Waals surface area (Å²) < 4.78 is 2.51. The van der Waals surface area contributed by atoms with Crippen molar-refractivity contribution in [3.8, 4) is 0 Å². The standard InChI is InChI=1S/C27H32N4O/c1-20-10-11-24-23(18-20)22-8-5-9-25-27(22)31(24)17-16-30(25)26(32)19-28-12-14-29(15-13-28)21-6-3-2-4-7-21/h2-4,6-7,10-11,18,25H,5,8-9,12-17,19H2,1H3. The van der Waals surface area contributed by atoms with Gasteiger partial charge in [-0.1, -0.05) is 29.8 Å². The Hall–Kier alpha value is -2.79. The number of anilines is 1. The maximum Gasteiger partial charge on any atom is 0.237 e. The lowest BCUT2D eigenvalue weighted by molar-refractivity contribution is -0.136. The number of aryl methyl sites for hydroxylation is 2. The molecule has 3 aromatic rings. The number of fused-ring (bicyclic) bond motifs is 3. The molecule has 1 aliphatic carbocycles. The molecule has 1 saturated heterocycles. The summed E-state index contributed by atoms with van der Waals surface area (Å²) in [5.41, 5.74) is 6.88. The minimum Gasteiger partial charge on any atom is -0.369 e. The predicted molar refractivity (Wildman–Crippen MR) is 129 cm³/mol. The molecule has 5 nitrogen and oxygen atoms in total. The maximum atomic E-state index is 13.5. The van der Waals surface area contributed by atoms with Gasteiger partial charge >= 0.3 is 0 Å². The maximum absolute atomic E-state index is 13.5. The van der Waals surface area contributed by atoms with E-state index in [0.29, 0.717) is 12.5 Å². The minimum atomic E-state index is 0.248. The summed E-state index contributed by atoms with van der Waals surface area (Å²) in [6.07, 6.45) is 3.41. The zero-order valence-electron chi connectivity index (χ0n) is 19.0. The molecule has 3 heterocycles. The van der Waals surface area contributed by atoms with E-state index in [4.69, 9.17) is 0 Å². The number of rotatable bonds is 3. The van der Waals surface area contributed by atoms with Crippen LogP contribution in [0.1, 0.15) is 35.7 Å². The number of piperazine rings is 1. The second kappa shape index (κ2) is 7.96. The first kappa shape index (κ1) is 19.9. The molecule has 0 bridgehead atoms. The van der Waals surface area contributed by atoms with Gasteiger partial charge in [0.2, 0.25) is 5.91 Å². The average Bonchev–Trinajstić information content (AvgIpc) is 3.15. The van der Waals surface area contributed by atoms with Gasteiger partial charge < -0.3 is 14.4 Å². The molecule has 6 rings (SSSR count). The zero-order chi connectivity index (χ0) is 21.7. The molecular formula is C27H32N4O. The van der Waals surface area contributed by atoms with Crippen molar-refractivity contribution in [1.82, 2.24) is 14.4 Å². The molecule has 0 N–H and O–H groups in total. The van der Waals surface area contributed by atoms with E-state index < -0.39 is 0 Å². The van der Waals surface area contributed by atoms with Crippen LogP contribution in [0.5, 0.6) is 0 Å². The van der Waals surface area contributed by atoms with E-state index in [2.05, 4.69) is 74.7 Å². The number of nitrogens with zero attached hydrogens (tertiary/aromatic N) is 4. The monoisotopic (exact) mass is 428 g/mol. The van der Waals surface area contributed by atoms with E-state index in [1.807, 2.05) is 0 Å². The number of carbonyl (C=O) groups excluding carboxylic acids is 1. The van der Waals surface area contributed by atoms with Crippen LogP contribution in [0.3, 0.4) is 0 Å². The third-order valence-corrected chi connectivity index (χ3v) is 7.70. The molecule has 1 amide bonds. The van der Waals surface area contributed by atoms with Crippen LogP contribution >= 0.6 is 0 Å². The molecule has 166 valence electrons. The summed E-state index contributed by atoms with van der Waals surface area (Å²) >= 11 is 0. The zero-order valence-corrected chi connectivity index (χ0v) is 19.0. The van der Waals surface area contributed by atoms with Gasteiger partial charge in [0.05, 0.1) is 12.6 Å². The number of para-hydroxylation sites is 1. The number of amides is 1. The fraction of sp³-hybridized carbons (Fsp3) is 0.444. The van der Waals surface area contributed by atoms with Crippen LogP contribution in [0.25, 0.3) is 10.9 Å². The SMILES string of the molecule is Cc1ccc2c(c1)c1c3n2CCN(C(=O)CN2CCN(c4ccccc4)CC2)C3CCC1. The minimum absolute atomic E-state index is 0.248. The van der Waals surface area contributed by atoms with Crippen LogP contribution in [0.2, 0.25) is 0 Å². The van der Waals surface area contributed by atoms with Crippen molar-refractivity contribution < 1.29 is 4.79 Å². The van der Waals surface area contributed by atoms with Crippen molar-refractivity contribution >= 4 is 22.5 Å². The lowest BCUT2D eigenvalue weighted by Crippen LogP contribution is -2.52. The lowest BCUT2D eigenvalue weighted by Gasteiger charge is -2.42. The van der Waals surface area contributed by atoms with Crippen LogP contribution in [-0.4, -0.2) is 59.5 Å². The van der Waals surface area contributed by atoms with E-state index in [0.717, 1.165) is 52.1 Å². The topological polar surface area (TPSA) is 31.7 Å². The molecule has 5 heteroatoms. The highest BCUT2D eigenvalue weighted by molar-refractivity contribution is 5.88. The number of hydrogen-bond acceptors (Lipinski definition) is 3. The molecule has 3 aliphatic rings. The van der Waals surface area contributed by atoms with Gasteiger partial charge in [0.15, 0.2) is 0 Å². The molecule has 1 fully saturated rings. The molecule has 0 radical (unpaired) electrons. The number of hydrogen-bond donors (Lipinski definition) is 0. The van der Waals surface area contributed by atoms with Crippen LogP contribution in [0.4, 0.5) is 5.69 Å². The van der Waals surface area contributed by atoms with Crippen molar-refractivity contribution in [2.75, 3.05) is 44.2 Å². The third-order valence-electron chi connectivity index (χ3n) is 7.70. The Morgan fingerprint density at radius 1 is 0.969 bits per heavy atom. The third kappa shape index (κ3) is 3.30. The Morgan fingerprint density at radius 3 is 2.59 bits per heavy atom. The lowest BCUT2D eigenvalue weighted by atomic mass is 9.89. The van der Waals surface area contributed by atoms with Crippen LogP contribution in [0, 0.1) is 6.92 Å². The smallest absolute Gasteiger partial charge is 0.237 e. The molecule has 2 aliphatic heterocycles. The van der Waals surface area contributed by atoms with Crippen LogP contribution < -0.4 is 4.90 Å². The highest BCUT2D eigenvalue weighted by Crippen LogP contribution is 2.42. The molecule has 0 spiro atoms. The first-order valence-corrected chi connectivity index (χ1v) is 12.1. The largest absolute Gasteiger partial charge is 0.369 e.